The molecular weight excluding hydrogens is 390 g/mol. The van der Waals surface area contributed by atoms with E-state index >= 15 is 0 Å². The summed E-state index contributed by atoms with van der Waals surface area (Å²) in [7, 11) is 1.66. The maximum Gasteiger partial charge on any atom is 0.231 e. The van der Waals surface area contributed by atoms with E-state index in [4.69, 9.17) is 30.5 Å². The van der Waals surface area contributed by atoms with Crippen molar-refractivity contribution in [2.45, 2.75) is 19.7 Å². The minimum atomic E-state index is 0.292. The predicted octanol–water partition coefficient (Wildman–Crippen LogP) is 3.92. The first-order valence-corrected chi connectivity index (χ1v) is 9.84. The molecule has 0 atom stereocenters. The maximum atomic E-state index is 6.12. The number of nitrogens with two attached hydrogens (primary N) is 1. The molecule has 3 aromatic carbocycles. The molecule has 1 aliphatic rings. The third-order valence-electron chi connectivity index (χ3n) is 4.76. The van der Waals surface area contributed by atoms with E-state index in [1.807, 2.05) is 48.5 Å². The Labute approximate surface area is 175 Å². The number of ether oxygens (including phenoxy) is 4. The van der Waals surface area contributed by atoms with E-state index in [2.05, 4.69) is 17.4 Å². The SMILES string of the molecule is COc1cccc(C[NH2+]Cc2ccc3c(c2)OCO3)c1OCc1ccc(Cl)cc1. The second-order valence-corrected chi connectivity index (χ2v) is 7.18. The lowest BCUT2D eigenvalue weighted by Gasteiger charge is -2.15. The molecule has 3 aromatic rings. The standard InChI is InChI=1S/C23H22ClNO4/c1-26-21-4-2-3-18(23(21)27-14-16-5-8-19(24)9-6-16)13-25-12-17-7-10-20-22(11-17)29-15-28-20/h2-11,25H,12-15H2,1H3/p+1. The Morgan fingerprint density at radius 2 is 1.72 bits per heavy atom. The smallest absolute Gasteiger partial charge is 0.231 e. The van der Waals surface area contributed by atoms with E-state index in [0.717, 1.165) is 47.2 Å². The molecule has 0 aromatic heterocycles. The zero-order valence-electron chi connectivity index (χ0n) is 16.2. The topological polar surface area (TPSA) is 53.5 Å². The van der Waals surface area contributed by atoms with Gasteiger partial charge in [-0.3, -0.25) is 0 Å². The molecule has 0 saturated carbocycles. The van der Waals surface area contributed by atoms with Gasteiger partial charge in [0.15, 0.2) is 23.0 Å². The fraction of sp³-hybridized carbons (Fsp3) is 0.217. The van der Waals surface area contributed by atoms with Crippen molar-refractivity contribution >= 4 is 11.6 Å². The van der Waals surface area contributed by atoms with Gasteiger partial charge in [-0.15, -0.1) is 0 Å². The summed E-state index contributed by atoms with van der Waals surface area (Å²) in [6.45, 7) is 2.33. The molecule has 0 bridgehead atoms. The molecule has 0 saturated heterocycles. The van der Waals surface area contributed by atoms with Gasteiger partial charge in [0.2, 0.25) is 6.79 Å². The summed E-state index contributed by atoms with van der Waals surface area (Å²) in [5, 5.41) is 2.94. The Bertz CT molecular complexity index is 975. The summed E-state index contributed by atoms with van der Waals surface area (Å²) in [6, 6.07) is 19.7. The summed E-state index contributed by atoms with van der Waals surface area (Å²) in [6.07, 6.45) is 0. The van der Waals surface area contributed by atoms with Crippen molar-refractivity contribution in [3.63, 3.8) is 0 Å². The Morgan fingerprint density at radius 3 is 2.55 bits per heavy atom. The molecule has 1 aliphatic heterocycles. The van der Waals surface area contributed by atoms with Crippen LogP contribution in [0.5, 0.6) is 23.0 Å². The molecule has 2 N–H and O–H groups in total. The van der Waals surface area contributed by atoms with Crippen molar-refractivity contribution in [1.29, 1.82) is 0 Å². The number of fused-ring (bicyclic) bond motifs is 1. The molecule has 5 nitrogen and oxygen atoms in total. The number of para-hydroxylation sites is 1. The van der Waals surface area contributed by atoms with Crippen LogP contribution in [0.3, 0.4) is 0 Å². The van der Waals surface area contributed by atoms with Crippen molar-refractivity contribution in [2.24, 2.45) is 0 Å². The van der Waals surface area contributed by atoms with Crippen molar-refractivity contribution in [1.82, 2.24) is 0 Å². The van der Waals surface area contributed by atoms with Crippen LogP contribution < -0.4 is 24.3 Å². The molecule has 150 valence electrons. The van der Waals surface area contributed by atoms with Gasteiger partial charge in [0.1, 0.15) is 19.7 Å². The van der Waals surface area contributed by atoms with Crippen LogP contribution in [0.2, 0.25) is 5.02 Å². The zero-order chi connectivity index (χ0) is 20.1. The number of halogens is 1. The molecule has 29 heavy (non-hydrogen) atoms. The zero-order valence-corrected chi connectivity index (χ0v) is 16.9. The lowest BCUT2D eigenvalue weighted by Crippen LogP contribution is -2.80. The van der Waals surface area contributed by atoms with Gasteiger partial charge in [0, 0.05) is 10.6 Å². The number of quaternary nitrogens is 1. The average Bonchev–Trinajstić information content (AvgIpc) is 3.21. The first kappa shape index (κ1) is 19.4. The molecule has 4 rings (SSSR count). The quantitative estimate of drug-likeness (QED) is 0.609. The van der Waals surface area contributed by atoms with E-state index in [-0.39, 0.29) is 0 Å². The molecule has 0 aliphatic carbocycles. The first-order chi connectivity index (χ1) is 14.2. The van der Waals surface area contributed by atoms with Crippen molar-refractivity contribution < 1.29 is 24.3 Å². The van der Waals surface area contributed by atoms with E-state index in [9.17, 15) is 0 Å². The largest absolute Gasteiger partial charge is 0.493 e. The monoisotopic (exact) mass is 412 g/mol. The van der Waals surface area contributed by atoms with Crippen LogP contribution in [0.4, 0.5) is 0 Å². The molecule has 0 amide bonds. The summed E-state index contributed by atoms with van der Waals surface area (Å²) in [5.74, 6) is 3.11. The minimum absolute atomic E-state index is 0.292. The van der Waals surface area contributed by atoms with Crippen LogP contribution in [0, 0.1) is 0 Å². The lowest BCUT2D eigenvalue weighted by molar-refractivity contribution is -0.686. The number of methoxy groups -OCH3 is 1. The molecule has 1 heterocycles. The van der Waals surface area contributed by atoms with Gasteiger partial charge in [-0.05, 0) is 48.0 Å². The summed E-state index contributed by atoms with van der Waals surface area (Å²) < 4.78 is 22.5. The van der Waals surface area contributed by atoms with Crippen LogP contribution in [-0.4, -0.2) is 13.9 Å². The van der Waals surface area contributed by atoms with Gasteiger partial charge in [-0.1, -0.05) is 29.8 Å². The maximum absolute atomic E-state index is 6.12. The lowest BCUT2D eigenvalue weighted by atomic mass is 10.1. The van der Waals surface area contributed by atoms with Gasteiger partial charge in [0.25, 0.3) is 0 Å². The number of rotatable bonds is 8. The molecule has 6 heteroatoms. The van der Waals surface area contributed by atoms with Gasteiger partial charge < -0.3 is 24.3 Å². The van der Waals surface area contributed by atoms with Crippen molar-refractivity contribution in [3.8, 4) is 23.0 Å². The first-order valence-electron chi connectivity index (χ1n) is 9.46. The van der Waals surface area contributed by atoms with Crippen LogP contribution in [-0.2, 0) is 19.7 Å². The highest BCUT2D eigenvalue weighted by molar-refractivity contribution is 6.30. The number of hydrogen-bond acceptors (Lipinski definition) is 4. The van der Waals surface area contributed by atoms with Gasteiger partial charge >= 0.3 is 0 Å². The van der Waals surface area contributed by atoms with Crippen LogP contribution in [0.25, 0.3) is 0 Å². The predicted molar refractivity (Wildman–Crippen MR) is 111 cm³/mol. The summed E-state index contributed by atoms with van der Waals surface area (Å²) in [4.78, 5) is 0. The van der Waals surface area contributed by atoms with E-state index < -0.39 is 0 Å². The normalized spacial score (nSPS) is 12.1. The second kappa shape index (κ2) is 9.07. The molecular formula is C23H23ClNO4+. The molecule has 0 spiro atoms. The second-order valence-electron chi connectivity index (χ2n) is 6.75. The Hall–Kier alpha value is -2.89. The van der Waals surface area contributed by atoms with Crippen molar-refractivity contribution in [3.05, 3.63) is 82.4 Å². The number of hydrogen-bond donors (Lipinski definition) is 1. The Morgan fingerprint density at radius 1 is 0.931 bits per heavy atom. The van der Waals surface area contributed by atoms with E-state index in [0.29, 0.717) is 18.4 Å². The molecule has 0 fully saturated rings. The third-order valence-corrected chi connectivity index (χ3v) is 5.01. The van der Waals surface area contributed by atoms with Gasteiger partial charge in [0.05, 0.1) is 12.7 Å². The van der Waals surface area contributed by atoms with Crippen LogP contribution >= 0.6 is 11.6 Å². The van der Waals surface area contributed by atoms with Crippen molar-refractivity contribution in [2.75, 3.05) is 13.9 Å². The summed E-state index contributed by atoms with van der Waals surface area (Å²) in [5.41, 5.74) is 3.32. The Balaban J connectivity index is 1.41. The minimum Gasteiger partial charge on any atom is -0.493 e. The molecule has 0 unspecified atom stereocenters. The molecule has 0 radical (unpaired) electrons. The van der Waals surface area contributed by atoms with Crippen LogP contribution in [0.1, 0.15) is 16.7 Å². The third kappa shape index (κ3) is 4.75. The summed E-state index contributed by atoms with van der Waals surface area (Å²) >= 11 is 5.96. The number of benzene rings is 3. The van der Waals surface area contributed by atoms with Gasteiger partial charge in [-0.25, -0.2) is 0 Å². The van der Waals surface area contributed by atoms with Crippen LogP contribution in [0.15, 0.2) is 60.7 Å². The van der Waals surface area contributed by atoms with E-state index in [1.54, 1.807) is 7.11 Å². The fourth-order valence-corrected chi connectivity index (χ4v) is 3.37. The van der Waals surface area contributed by atoms with E-state index in [1.165, 1.54) is 5.56 Å². The highest BCUT2D eigenvalue weighted by Gasteiger charge is 2.15. The highest BCUT2D eigenvalue weighted by atomic mass is 35.5. The highest BCUT2D eigenvalue weighted by Crippen LogP contribution is 2.33. The Kier molecular flexibility index (Phi) is 6.08. The van der Waals surface area contributed by atoms with Gasteiger partial charge in [-0.2, -0.15) is 0 Å². The fourth-order valence-electron chi connectivity index (χ4n) is 3.24. The average molecular weight is 413 g/mol.